The lowest BCUT2D eigenvalue weighted by atomic mass is 9.87. The van der Waals surface area contributed by atoms with Gasteiger partial charge in [-0.15, -0.1) is 0 Å². The van der Waals surface area contributed by atoms with E-state index in [1.165, 1.54) is 10.5 Å². The minimum atomic E-state index is -0.289. The molecule has 0 bridgehead atoms. The van der Waals surface area contributed by atoms with Crippen molar-refractivity contribution >= 4 is 29.0 Å². The molecule has 180 valence electrons. The third kappa shape index (κ3) is 5.95. The monoisotopic (exact) mass is 487 g/mol. The van der Waals surface area contributed by atoms with E-state index < -0.39 is 0 Å². The van der Waals surface area contributed by atoms with Gasteiger partial charge in [-0.2, -0.15) is 0 Å². The van der Waals surface area contributed by atoms with Crippen LogP contribution in [-0.4, -0.2) is 23.2 Å². The van der Waals surface area contributed by atoms with Crippen molar-refractivity contribution in [3.63, 3.8) is 0 Å². The van der Waals surface area contributed by atoms with Crippen LogP contribution in [0.3, 0.4) is 0 Å². The van der Waals surface area contributed by atoms with Gasteiger partial charge in [0.05, 0.1) is 18.6 Å². The van der Waals surface area contributed by atoms with Gasteiger partial charge in [-0.1, -0.05) is 81.4 Å². The minimum absolute atomic E-state index is 0.0484. The van der Waals surface area contributed by atoms with E-state index in [1.54, 1.807) is 19.3 Å². The Hall–Kier alpha value is -3.51. The first-order valence-corrected chi connectivity index (χ1v) is 12.3. The average molecular weight is 488 g/mol. The first-order valence-electron chi connectivity index (χ1n) is 11.4. The maximum Gasteiger partial charge on any atom is 0.293 e. The van der Waals surface area contributed by atoms with Crippen molar-refractivity contribution in [3.05, 3.63) is 100.0 Å². The molecule has 2 amide bonds. The molecule has 0 aromatic heterocycles. The number of benzene rings is 3. The summed E-state index contributed by atoms with van der Waals surface area (Å²) in [5, 5.41) is -0.268. The highest BCUT2D eigenvalue weighted by molar-refractivity contribution is 8.18. The predicted octanol–water partition coefficient (Wildman–Crippen LogP) is 6.81. The van der Waals surface area contributed by atoms with Crippen LogP contribution < -0.4 is 9.47 Å². The molecule has 1 fully saturated rings. The lowest BCUT2D eigenvalue weighted by Crippen LogP contribution is -2.27. The lowest BCUT2D eigenvalue weighted by molar-refractivity contribution is -0.123. The van der Waals surface area contributed by atoms with E-state index in [9.17, 15) is 9.59 Å². The number of methoxy groups -OCH3 is 1. The van der Waals surface area contributed by atoms with E-state index in [4.69, 9.17) is 9.47 Å². The number of hydrogen-bond donors (Lipinski definition) is 0. The quantitative estimate of drug-likeness (QED) is 0.343. The maximum atomic E-state index is 13.0. The highest BCUT2D eigenvalue weighted by Gasteiger charge is 2.35. The molecule has 1 aliphatic heterocycles. The van der Waals surface area contributed by atoms with Gasteiger partial charge >= 0.3 is 0 Å². The van der Waals surface area contributed by atoms with Crippen molar-refractivity contribution in [1.82, 2.24) is 4.90 Å². The van der Waals surface area contributed by atoms with Crippen LogP contribution in [0.15, 0.2) is 77.7 Å². The zero-order chi connectivity index (χ0) is 25.0. The van der Waals surface area contributed by atoms with Gasteiger partial charge in [-0.3, -0.25) is 14.5 Å². The zero-order valence-electron chi connectivity index (χ0n) is 20.4. The summed E-state index contributed by atoms with van der Waals surface area (Å²) in [6.07, 6.45) is 1.72. The molecule has 35 heavy (non-hydrogen) atoms. The van der Waals surface area contributed by atoms with Crippen LogP contribution in [0, 0.1) is 0 Å². The summed E-state index contributed by atoms with van der Waals surface area (Å²) in [6, 6.07) is 23.4. The van der Waals surface area contributed by atoms with Gasteiger partial charge in [-0.05, 0) is 57.6 Å². The molecule has 1 heterocycles. The van der Waals surface area contributed by atoms with Crippen molar-refractivity contribution in [3.8, 4) is 11.5 Å². The number of amides is 2. The van der Waals surface area contributed by atoms with Crippen LogP contribution >= 0.6 is 11.8 Å². The van der Waals surface area contributed by atoms with Crippen molar-refractivity contribution in [2.75, 3.05) is 7.11 Å². The Morgan fingerprint density at radius 2 is 1.60 bits per heavy atom. The van der Waals surface area contributed by atoms with Gasteiger partial charge in [0.2, 0.25) is 0 Å². The Balaban J connectivity index is 1.46. The second-order valence-electron chi connectivity index (χ2n) is 9.40. The van der Waals surface area contributed by atoms with E-state index >= 15 is 0 Å². The molecule has 5 nitrogen and oxygen atoms in total. The fourth-order valence-corrected chi connectivity index (χ4v) is 4.55. The topological polar surface area (TPSA) is 55.8 Å². The highest BCUT2D eigenvalue weighted by atomic mass is 32.2. The highest BCUT2D eigenvalue weighted by Crippen LogP contribution is 2.35. The molecular weight excluding hydrogens is 458 g/mol. The van der Waals surface area contributed by atoms with Crippen LogP contribution in [-0.2, 0) is 23.4 Å². The van der Waals surface area contributed by atoms with E-state index in [1.807, 2.05) is 54.6 Å². The number of nitrogens with zero attached hydrogens (tertiary/aromatic N) is 1. The molecule has 3 aromatic rings. The van der Waals surface area contributed by atoms with Gasteiger partial charge in [0, 0.05) is 0 Å². The van der Waals surface area contributed by atoms with E-state index in [0.717, 1.165) is 28.5 Å². The van der Waals surface area contributed by atoms with Crippen molar-refractivity contribution in [1.29, 1.82) is 0 Å². The van der Waals surface area contributed by atoms with Crippen molar-refractivity contribution in [2.24, 2.45) is 0 Å². The summed E-state index contributed by atoms with van der Waals surface area (Å²) >= 11 is 0.955. The molecule has 0 N–H and O–H groups in total. The summed E-state index contributed by atoms with van der Waals surface area (Å²) in [6.45, 7) is 7.13. The first kappa shape index (κ1) is 24.6. The average Bonchev–Trinajstić information content (AvgIpc) is 3.10. The van der Waals surface area contributed by atoms with E-state index in [2.05, 4.69) is 32.9 Å². The van der Waals surface area contributed by atoms with Crippen LogP contribution in [0.25, 0.3) is 6.08 Å². The summed E-state index contributed by atoms with van der Waals surface area (Å²) in [4.78, 5) is 27.3. The van der Waals surface area contributed by atoms with Gasteiger partial charge < -0.3 is 9.47 Å². The fourth-order valence-electron chi connectivity index (χ4n) is 3.71. The second-order valence-corrected chi connectivity index (χ2v) is 10.4. The third-order valence-electron chi connectivity index (χ3n) is 5.76. The number of ether oxygens (including phenoxy) is 2. The maximum absolute atomic E-state index is 13.0. The number of thioether (sulfide) groups is 1. The van der Waals surface area contributed by atoms with Crippen LogP contribution in [0.1, 0.15) is 43.0 Å². The van der Waals surface area contributed by atoms with Gasteiger partial charge in [0.15, 0.2) is 11.5 Å². The van der Waals surface area contributed by atoms with Crippen LogP contribution in [0.5, 0.6) is 11.5 Å². The summed E-state index contributed by atoms with van der Waals surface area (Å²) in [5.41, 5.74) is 3.99. The van der Waals surface area contributed by atoms with Gasteiger partial charge in [-0.25, -0.2) is 0 Å². The SMILES string of the molecule is COc1cc(/C=C2\SC(=O)N(Cc3ccc(C(C)(C)C)cc3)C2=O)ccc1OCc1ccccc1. The normalized spacial score (nSPS) is 15.1. The Morgan fingerprint density at radius 3 is 2.26 bits per heavy atom. The molecular formula is C29H29NO4S. The molecule has 0 atom stereocenters. The standard InChI is InChI=1S/C29H29NO4S/c1-29(2,3)23-13-10-20(11-14-23)18-30-27(31)26(35-28(30)32)17-22-12-15-24(25(16-22)33-4)34-19-21-8-6-5-7-9-21/h5-17H,18-19H2,1-4H3/b26-17-. The zero-order valence-corrected chi connectivity index (χ0v) is 21.2. The van der Waals surface area contributed by atoms with Crippen LogP contribution in [0.2, 0.25) is 0 Å². The Kier molecular flexibility index (Phi) is 7.31. The molecule has 6 heteroatoms. The predicted molar refractivity (Wildman–Crippen MR) is 140 cm³/mol. The number of imide groups is 1. The minimum Gasteiger partial charge on any atom is -0.493 e. The molecule has 1 saturated heterocycles. The van der Waals surface area contributed by atoms with Crippen LogP contribution in [0.4, 0.5) is 4.79 Å². The molecule has 0 unspecified atom stereocenters. The Morgan fingerprint density at radius 1 is 0.886 bits per heavy atom. The second kappa shape index (κ2) is 10.4. The number of hydrogen-bond acceptors (Lipinski definition) is 5. The Bertz CT molecular complexity index is 1240. The van der Waals surface area contributed by atoms with E-state index in [-0.39, 0.29) is 23.1 Å². The summed E-state index contributed by atoms with van der Waals surface area (Å²) in [5.74, 6) is 0.886. The third-order valence-corrected chi connectivity index (χ3v) is 6.66. The number of rotatable bonds is 7. The molecule has 3 aromatic carbocycles. The number of carbonyl (C=O) groups excluding carboxylic acids is 2. The lowest BCUT2D eigenvalue weighted by Gasteiger charge is -2.20. The van der Waals surface area contributed by atoms with Crippen molar-refractivity contribution < 1.29 is 19.1 Å². The molecule has 4 rings (SSSR count). The summed E-state index contributed by atoms with van der Waals surface area (Å²) < 4.78 is 11.4. The smallest absolute Gasteiger partial charge is 0.293 e. The van der Waals surface area contributed by atoms with E-state index in [0.29, 0.717) is 23.0 Å². The molecule has 0 aliphatic carbocycles. The molecule has 0 saturated carbocycles. The fraction of sp³-hybridized carbons (Fsp3) is 0.241. The largest absolute Gasteiger partial charge is 0.493 e. The van der Waals surface area contributed by atoms with Gasteiger partial charge in [0.1, 0.15) is 6.61 Å². The molecule has 1 aliphatic rings. The first-order chi connectivity index (χ1) is 16.7. The molecule has 0 radical (unpaired) electrons. The van der Waals surface area contributed by atoms with Crippen molar-refractivity contribution in [2.45, 2.75) is 39.3 Å². The number of carbonyl (C=O) groups is 2. The van der Waals surface area contributed by atoms with Gasteiger partial charge in [0.25, 0.3) is 11.1 Å². The molecule has 0 spiro atoms. The Labute approximate surface area is 210 Å². The summed E-state index contributed by atoms with van der Waals surface area (Å²) in [7, 11) is 1.58.